The van der Waals surface area contributed by atoms with Gasteiger partial charge in [-0.3, -0.25) is 0 Å². The Hall–Kier alpha value is -1.02. The summed E-state index contributed by atoms with van der Waals surface area (Å²) in [5, 5.41) is 17.5. The van der Waals surface area contributed by atoms with Crippen LogP contribution >= 0.6 is 0 Å². The van der Waals surface area contributed by atoms with E-state index in [1.165, 1.54) is 32.1 Å². The van der Waals surface area contributed by atoms with Gasteiger partial charge in [0.15, 0.2) is 0 Å². The van der Waals surface area contributed by atoms with Gasteiger partial charge in [0.25, 0.3) is 0 Å². The standard InChI is InChI=1S/C7H8O.C7H14O/c1-6-3-2-4-7(8)5-6;8-6-7-4-2-1-3-5-7/h2-5,8H,1H3;7-8H,1-6H2. The summed E-state index contributed by atoms with van der Waals surface area (Å²) in [5.74, 6) is 0.980. The van der Waals surface area contributed by atoms with Gasteiger partial charge in [0.05, 0.1) is 0 Å². The van der Waals surface area contributed by atoms with Gasteiger partial charge in [0.2, 0.25) is 0 Å². The third-order valence-electron chi connectivity index (χ3n) is 2.98. The van der Waals surface area contributed by atoms with Crippen LogP contribution in [0.25, 0.3) is 0 Å². The van der Waals surface area contributed by atoms with Gasteiger partial charge in [0, 0.05) is 6.61 Å². The molecule has 1 aliphatic rings. The second-order valence-corrected chi connectivity index (χ2v) is 4.53. The molecular weight excluding hydrogens is 200 g/mol. The van der Waals surface area contributed by atoms with Gasteiger partial charge < -0.3 is 10.2 Å². The highest BCUT2D eigenvalue weighted by molar-refractivity contribution is 5.25. The van der Waals surface area contributed by atoms with E-state index in [9.17, 15) is 0 Å². The van der Waals surface area contributed by atoms with Crippen molar-refractivity contribution in [3.8, 4) is 5.75 Å². The number of aromatic hydroxyl groups is 1. The van der Waals surface area contributed by atoms with Crippen LogP contribution in [-0.4, -0.2) is 16.8 Å². The van der Waals surface area contributed by atoms with Crippen molar-refractivity contribution in [1.29, 1.82) is 0 Å². The van der Waals surface area contributed by atoms with Gasteiger partial charge in [-0.05, 0) is 43.4 Å². The van der Waals surface area contributed by atoms with Crippen molar-refractivity contribution in [3.63, 3.8) is 0 Å². The maximum Gasteiger partial charge on any atom is 0.115 e. The van der Waals surface area contributed by atoms with E-state index in [-0.39, 0.29) is 0 Å². The molecule has 1 aromatic carbocycles. The lowest BCUT2D eigenvalue weighted by Gasteiger charge is -2.18. The van der Waals surface area contributed by atoms with Crippen molar-refractivity contribution in [2.75, 3.05) is 6.61 Å². The number of benzene rings is 1. The first-order valence-electron chi connectivity index (χ1n) is 6.09. The summed E-state index contributed by atoms with van der Waals surface area (Å²) in [4.78, 5) is 0. The Kier molecular flexibility index (Phi) is 5.94. The van der Waals surface area contributed by atoms with Gasteiger partial charge in [-0.15, -0.1) is 0 Å². The normalized spacial score (nSPS) is 16.4. The van der Waals surface area contributed by atoms with E-state index in [1.54, 1.807) is 12.1 Å². The molecule has 0 bridgehead atoms. The minimum atomic E-state index is 0.338. The molecule has 1 aliphatic carbocycles. The fourth-order valence-corrected chi connectivity index (χ4v) is 2.00. The summed E-state index contributed by atoms with van der Waals surface area (Å²) in [5.41, 5.74) is 1.09. The SMILES string of the molecule is Cc1cccc(O)c1.OCC1CCCCC1. The number of hydrogen-bond donors (Lipinski definition) is 2. The monoisotopic (exact) mass is 222 g/mol. The van der Waals surface area contributed by atoms with Crippen molar-refractivity contribution in [3.05, 3.63) is 29.8 Å². The predicted molar refractivity (Wildman–Crippen MR) is 66.5 cm³/mol. The first-order valence-corrected chi connectivity index (χ1v) is 6.09. The van der Waals surface area contributed by atoms with Crippen LogP contribution in [0.15, 0.2) is 24.3 Å². The minimum absolute atomic E-state index is 0.338. The number of aliphatic hydroxyl groups excluding tert-OH is 1. The lowest BCUT2D eigenvalue weighted by molar-refractivity contribution is 0.190. The molecule has 0 aromatic heterocycles. The first kappa shape index (κ1) is 13.0. The van der Waals surface area contributed by atoms with Crippen LogP contribution in [0, 0.1) is 12.8 Å². The molecule has 0 amide bonds. The molecule has 0 saturated heterocycles. The van der Waals surface area contributed by atoms with Crippen LogP contribution < -0.4 is 0 Å². The number of aliphatic hydroxyl groups is 1. The highest BCUT2D eigenvalue weighted by Gasteiger charge is 2.10. The molecule has 0 spiro atoms. The molecule has 90 valence electrons. The molecule has 2 heteroatoms. The van der Waals surface area contributed by atoms with E-state index in [4.69, 9.17) is 10.2 Å². The average molecular weight is 222 g/mol. The van der Waals surface area contributed by atoms with Crippen molar-refractivity contribution < 1.29 is 10.2 Å². The number of rotatable bonds is 1. The maximum absolute atomic E-state index is 8.81. The molecule has 0 radical (unpaired) electrons. The Morgan fingerprint density at radius 1 is 1.19 bits per heavy atom. The number of phenols is 1. The van der Waals surface area contributed by atoms with Crippen LogP contribution in [0.1, 0.15) is 37.7 Å². The third-order valence-corrected chi connectivity index (χ3v) is 2.98. The van der Waals surface area contributed by atoms with E-state index in [0.29, 0.717) is 18.3 Å². The Morgan fingerprint density at radius 2 is 1.88 bits per heavy atom. The molecule has 0 aliphatic heterocycles. The minimum Gasteiger partial charge on any atom is -0.508 e. The highest BCUT2D eigenvalue weighted by atomic mass is 16.3. The zero-order valence-corrected chi connectivity index (χ0v) is 10.0. The van der Waals surface area contributed by atoms with Crippen LogP contribution in [0.4, 0.5) is 0 Å². The Labute approximate surface area is 97.9 Å². The van der Waals surface area contributed by atoms with Crippen LogP contribution in [0.3, 0.4) is 0 Å². The van der Waals surface area contributed by atoms with Crippen molar-refractivity contribution in [2.24, 2.45) is 5.92 Å². The molecule has 0 atom stereocenters. The van der Waals surface area contributed by atoms with E-state index < -0.39 is 0 Å². The van der Waals surface area contributed by atoms with E-state index >= 15 is 0 Å². The Morgan fingerprint density at radius 3 is 2.25 bits per heavy atom. The van der Waals surface area contributed by atoms with E-state index in [0.717, 1.165) is 5.56 Å². The molecule has 2 N–H and O–H groups in total. The lowest BCUT2D eigenvalue weighted by Crippen LogP contribution is -2.09. The second kappa shape index (κ2) is 7.29. The van der Waals surface area contributed by atoms with Gasteiger partial charge in [-0.2, -0.15) is 0 Å². The summed E-state index contributed by atoms with van der Waals surface area (Å²) in [6, 6.07) is 7.15. The Bertz CT molecular complexity index is 273. The van der Waals surface area contributed by atoms with Crippen LogP contribution in [-0.2, 0) is 0 Å². The molecule has 0 unspecified atom stereocenters. The highest BCUT2D eigenvalue weighted by Crippen LogP contribution is 2.22. The molecule has 0 heterocycles. The van der Waals surface area contributed by atoms with E-state index in [2.05, 4.69) is 0 Å². The number of phenolic OH excluding ortho intramolecular Hbond substituents is 1. The van der Waals surface area contributed by atoms with Crippen molar-refractivity contribution in [2.45, 2.75) is 39.0 Å². The summed E-state index contributed by atoms with van der Waals surface area (Å²) in [6.07, 6.45) is 6.58. The lowest BCUT2D eigenvalue weighted by atomic mass is 9.90. The summed E-state index contributed by atoms with van der Waals surface area (Å²) in [7, 11) is 0. The van der Waals surface area contributed by atoms with Crippen LogP contribution in [0.2, 0.25) is 0 Å². The zero-order valence-electron chi connectivity index (χ0n) is 10.0. The van der Waals surface area contributed by atoms with E-state index in [1.807, 2.05) is 19.1 Å². The molecule has 16 heavy (non-hydrogen) atoms. The first-order chi connectivity index (χ1) is 7.72. The Balaban J connectivity index is 0.000000160. The quantitative estimate of drug-likeness (QED) is 0.765. The van der Waals surface area contributed by atoms with Crippen LogP contribution in [0.5, 0.6) is 5.75 Å². The van der Waals surface area contributed by atoms with Gasteiger partial charge in [0.1, 0.15) is 5.75 Å². The maximum atomic E-state index is 8.81. The molecule has 2 rings (SSSR count). The molecule has 2 nitrogen and oxygen atoms in total. The number of hydrogen-bond acceptors (Lipinski definition) is 2. The smallest absolute Gasteiger partial charge is 0.115 e. The average Bonchev–Trinajstić information content (AvgIpc) is 2.31. The summed E-state index contributed by atoms with van der Waals surface area (Å²) in [6.45, 7) is 2.36. The topological polar surface area (TPSA) is 40.5 Å². The fraction of sp³-hybridized carbons (Fsp3) is 0.571. The molecule has 1 saturated carbocycles. The fourth-order valence-electron chi connectivity index (χ4n) is 2.00. The number of aryl methyl sites for hydroxylation is 1. The summed E-state index contributed by atoms with van der Waals surface area (Å²) < 4.78 is 0. The molecule has 1 aromatic rings. The largest absolute Gasteiger partial charge is 0.508 e. The van der Waals surface area contributed by atoms with Gasteiger partial charge in [-0.1, -0.05) is 31.4 Å². The van der Waals surface area contributed by atoms with Gasteiger partial charge >= 0.3 is 0 Å². The predicted octanol–water partition coefficient (Wildman–Crippen LogP) is 3.26. The van der Waals surface area contributed by atoms with Gasteiger partial charge in [-0.25, -0.2) is 0 Å². The molecular formula is C14H22O2. The zero-order chi connectivity index (χ0) is 11.8. The van der Waals surface area contributed by atoms with Crippen molar-refractivity contribution >= 4 is 0 Å². The second-order valence-electron chi connectivity index (χ2n) is 4.53. The summed E-state index contributed by atoms with van der Waals surface area (Å²) >= 11 is 0. The molecule has 1 fully saturated rings. The van der Waals surface area contributed by atoms with Crippen molar-refractivity contribution in [1.82, 2.24) is 0 Å². The third kappa shape index (κ3) is 5.17.